The number of anilines is 1. The summed E-state index contributed by atoms with van der Waals surface area (Å²) < 4.78 is 0. The number of aryl methyl sites for hydroxylation is 2. The smallest absolute Gasteiger partial charge is 0.270 e. The zero-order valence-corrected chi connectivity index (χ0v) is 10.7. The number of carbonyl (C=O) groups excluding carboxylic acids is 1. The molecule has 4 nitrogen and oxygen atoms in total. The number of rotatable bonds is 0. The highest BCUT2D eigenvalue weighted by atomic mass is 16.3. The van der Waals surface area contributed by atoms with E-state index in [4.69, 9.17) is 0 Å². The van der Waals surface area contributed by atoms with Gasteiger partial charge in [-0.25, -0.2) is 0 Å². The normalized spacial score (nSPS) is 12.8. The van der Waals surface area contributed by atoms with Crippen LogP contribution in [0.2, 0.25) is 0 Å². The number of phenols is 1. The number of aromatic hydroxyl groups is 1. The second-order valence-corrected chi connectivity index (χ2v) is 4.79. The summed E-state index contributed by atoms with van der Waals surface area (Å²) >= 11 is 0. The SMILES string of the molecule is Cc1cc2c(cc1C)-c1cc(O)ccc1NNC2=O. The number of hydrazine groups is 1. The number of phenolic OH excluding ortho intramolecular Hbond substituents is 1. The first-order valence-corrected chi connectivity index (χ1v) is 6.07. The Morgan fingerprint density at radius 2 is 1.58 bits per heavy atom. The number of nitrogens with one attached hydrogen (secondary N) is 2. The Morgan fingerprint density at radius 1 is 0.895 bits per heavy atom. The van der Waals surface area contributed by atoms with Crippen molar-refractivity contribution in [3.8, 4) is 16.9 Å². The molecule has 0 saturated carbocycles. The second-order valence-electron chi connectivity index (χ2n) is 4.79. The molecule has 0 unspecified atom stereocenters. The van der Waals surface area contributed by atoms with Gasteiger partial charge in [-0.3, -0.25) is 15.6 Å². The molecule has 3 N–H and O–H groups in total. The van der Waals surface area contributed by atoms with E-state index < -0.39 is 0 Å². The van der Waals surface area contributed by atoms with E-state index in [0.29, 0.717) is 5.56 Å². The van der Waals surface area contributed by atoms with Crippen LogP contribution >= 0.6 is 0 Å². The van der Waals surface area contributed by atoms with Gasteiger partial charge in [0.2, 0.25) is 0 Å². The van der Waals surface area contributed by atoms with Crippen LogP contribution < -0.4 is 10.9 Å². The average molecular weight is 254 g/mol. The van der Waals surface area contributed by atoms with Crippen molar-refractivity contribution < 1.29 is 9.90 Å². The first-order chi connectivity index (χ1) is 9.06. The van der Waals surface area contributed by atoms with Crippen LogP contribution in [-0.2, 0) is 0 Å². The number of benzene rings is 2. The van der Waals surface area contributed by atoms with Gasteiger partial charge >= 0.3 is 0 Å². The van der Waals surface area contributed by atoms with Gasteiger partial charge in [0.1, 0.15) is 5.75 Å². The van der Waals surface area contributed by atoms with Gasteiger partial charge in [0.25, 0.3) is 5.91 Å². The Bertz CT molecular complexity index is 693. The Hall–Kier alpha value is -2.49. The van der Waals surface area contributed by atoms with Crippen LogP contribution in [0.5, 0.6) is 5.75 Å². The maximum Gasteiger partial charge on any atom is 0.270 e. The summed E-state index contributed by atoms with van der Waals surface area (Å²) in [6.45, 7) is 3.99. The van der Waals surface area contributed by atoms with Crippen molar-refractivity contribution in [3.63, 3.8) is 0 Å². The molecule has 3 rings (SSSR count). The third-order valence-electron chi connectivity index (χ3n) is 3.48. The van der Waals surface area contributed by atoms with E-state index in [9.17, 15) is 9.90 Å². The lowest BCUT2D eigenvalue weighted by molar-refractivity contribution is 0.0964. The first kappa shape index (κ1) is 11.6. The molecular weight excluding hydrogens is 240 g/mol. The van der Waals surface area contributed by atoms with Gasteiger partial charge in [-0.15, -0.1) is 0 Å². The molecule has 0 fully saturated rings. The van der Waals surface area contributed by atoms with E-state index in [2.05, 4.69) is 10.9 Å². The van der Waals surface area contributed by atoms with Crippen molar-refractivity contribution in [3.05, 3.63) is 47.0 Å². The fourth-order valence-electron chi connectivity index (χ4n) is 2.28. The molecule has 0 aromatic heterocycles. The van der Waals surface area contributed by atoms with Gasteiger partial charge < -0.3 is 5.11 Å². The number of hydrogen-bond donors (Lipinski definition) is 3. The summed E-state index contributed by atoms with van der Waals surface area (Å²) in [4.78, 5) is 12.1. The van der Waals surface area contributed by atoms with E-state index in [-0.39, 0.29) is 11.7 Å². The van der Waals surface area contributed by atoms with Gasteiger partial charge in [0.15, 0.2) is 0 Å². The fraction of sp³-hybridized carbons (Fsp3) is 0.133. The Labute approximate surface area is 111 Å². The van der Waals surface area contributed by atoms with Gasteiger partial charge in [0, 0.05) is 11.1 Å². The third kappa shape index (κ3) is 1.81. The standard InChI is InChI=1S/C15H14N2O2/c1-8-5-11-12-7-10(18)3-4-14(12)16-17-15(19)13(11)6-9(8)2/h3-7,16,18H,1-2H3,(H,17,19). The van der Waals surface area contributed by atoms with Crippen LogP contribution in [0.15, 0.2) is 30.3 Å². The predicted octanol–water partition coefficient (Wildman–Crippen LogP) is 2.75. The predicted molar refractivity (Wildman–Crippen MR) is 74.1 cm³/mol. The maximum absolute atomic E-state index is 12.1. The Balaban J connectivity index is 2.35. The van der Waals surface area contributed by atoms with Crippen molar-refractivity contribution in [1.29, 1.82) is 0 Å². The van der Waals surface area contributed by atoms with Crippen molar-refractivity contribution >= 4 is 11.6 Å². The molecule has 2 aromatic carbocycles. The molecule has 96 valence electrons. The number of carbonyl (C=O) groups is 1. The fourth-order valence-corrected chi connectivity index (χ4v) is 2.28. The van der Waals surface area contributed by atoms with Crippen LogP contribution in [0.1, 0.15) is 21.5 Å². The number of hydrogen-bond acceptors (Lipinski definition) is 3. The molecule has 4 heteroatoms. The number of fused-ring (bicyclic) bond motifs is 3. The van der Waals surface area contributed by atoms with E-state index in [0.717, 1.165) is 27.9 Å². The lowest BCUT2D eigenvalue weighted by Crippen LogP contribution is -2.28. The summed E-state index contributed by atoms with van der Waals surface area (Å²) in [6, 6.07) is 8.85. The minimum absolute atomic E-state index is 0.172. The Morgan fingerprint density at radius 3 is 2.32 bits per heavy atom. The highest BCUT2D eigenvalue weighted by Gasteiger charge is 2.20. The minimum Gasteiger partial charge on any atom is -0.508 e. The highest BCUT2D eigenvalue weighted by molar-refractivity contribution is 6.05. The number of amides is 1. The minimum atomic E-state index is -0.172. The highest BCUT2D eigenvalue weighted by Crippen LogP contribution is 2.36. The molecule has 2 aromatic rings. The second kappa shape index (κ2) is 4.02. The van der Waals surface area contributed by atoms with E-state index in [1.165, 1.54) is 0 Å². The summed E-state index contributed by atoms with van der Waals surface area (Å²) in [5, 5.41) is 9.66. The summed E-state index contributed by atoms with van der Waals surface area (Å²) in [5.41, 5.74) is 10.7. The van der Waals surface area contributed by atoms with Crippen molar-refractivity contribution in [2.45, 2.75) is 13.8 Å². The first-order valence-electron chi connectivity index (χ1n) is 6.07. The quantitative estimate of drug-likeness (QED) is 0.633. The zero-order chi connectivity index (χ0) is 13.6. The largest absolute Gasteiger partial charge is 0.508 e. The molecule has 19 heavy (non-hydrogen) atoms. The lowest BCUT2D eigenvalue weighted by atomic mass is 9.94. The van der Waals surface area contributed by atoms with Crippen LogP contribution in [-0.4, -0.2) is 11.0 Å². The molecule has 1 amide bonds. The van der Waals surface area contributed by atoms with Crippen LogP contribution in [0, 0.1) is 13.8 Å². The summed E-state index contributed by atoms with van der Waals surface area (Å²) in [7, 11) is 0. The summed E-state index contributed by atoms with van der Waals surface area (Å²) in [6.07, 6.45) is 0. The monoisotopic (exact) mass is 254 g/mol. The molecule has 0 saturated heterocycles. The molecule has 1 aliphatic rings. The van der Waals surface area contributed by atoms with Gasteiger partial charge in [-0.2, -0.15) is 0 Å². The lowest BCUT2D eigenvalue weighted by Gasteiger charge is -2.10. The molecule has 0 atom stereocenters. The van der Waals surface area contributed by atoms with Crippen molar-refractivity contribution in [2.75, 3.05) is 5.43 Å². The van der Waals surface area contributed by atoms with Gasteiger partial charge in [-0.1, -0.05) is 6.07 Å². The van der Waals surface area contributed by atoms with Gasteiger partial charge in [-0.05, 0) is 54.8 Å². The zero-order valence-electron chi connectivity index (χ0n) is 10.7. The van der Waals surface area contributed by atoms with Crippen LogP contribution in [0.25, 0.3) is 11.1 Å². The Kier molecular flexibility index (Phi) is 2.45. The topological polar surface area (TPSA) is 61.4 Å². The molecule has 1 aliphatic heterocycles. The molecule has 0 bridgehead atoms. The molecular formula is C15H14N2O2. The third-order valence-corrected chi connectivity index (χ3v) is 3.48. The molecule has 0 spiro atoms. The van der Waals surface area contributed by atoms with Crippen LogP contribution in [0.4, 0.5) is 5.69 Å². The van der Waals surface area contributed by atoms with E-state index in [1.54, 1.807) is 18.2 Å². The van der Waals surface area contributed by atoms with E-state index >= 15 is 0 Å². The molecule has 1 heterocycles. The van der Waals surface area contributed by atoms with Crippen molar-refractivity contribution in [1.82, 2.24) is 5.43 Å². The average Bonchev–Trinajstić information content (AvgIpc) is 2.50. The van der Waals surface area contributed by atoms with Gasteiger partial charge in [0.05, 0.1) is 5.69 Å². The molecule has 0 aliphatic carbocycles. The van der Waals surface area contributed by atoms with Crippen molar-refractivity contribution in [2.24, 2.45) is 0 Å². The maximum atomic E-state index is 12.1. The summed E-state index contributed by atoms with van der Waals surface area (Å²) in [5.74, 6) is 0.00728. The molecule has 0 radical (unpaired) electrons. The van der Waals surface area contributed by atoms with E-state index in [1.807, 2.05) is 26.0 Å². The van der Waals surface area contributed by atoms with Crippen LogP contribution in [0.3, 0.4) is 0 Å².